The second kappa shape index (κ2) is 4.81. The van der Waals surface area contributed by atoms with Gasteiger partial charge in [-0.3, -0.25) is 0 Å². The number of benzene rings is 1. The van der Waals surface area contributed by atoms with Crippen LogP contribution < -0.4 is 4.74 Å². The Morgan fingerprint density at radius 1 is 1.29 bits per heavy atom. The smallest absolute Gasteiger partial charge is 0.167 e. The van der Waals surface area contributed by atoms with Crippen LogP contribution in [-0.4, -0.2) is 4.98 Å². The van der Waals surface area contributed by atoms with Crippen LogP contribution in [0.3, 0.4) is 0 Å². The van der Waals surface area contributed by atoms with Crippen LogP contribution in [0.2, 0.25) is 5.15 Å². The fourth-order valence-electron chi connectivity index (χ4n) is 1.23. The highest BCUT2D eigenvalue weighted by Gasteiger charge is 2.06. The molecule has 0 saturated carbocycles. The monoisotopic (exact) mass is 248 g/mol. The molecule has 1 aromatic carbocycles. The van der Waals surface area contributed by atoms with Crippen LogP contribution in [0.1, 0.15) is 5.56 Å². The summed E-state index contributed by atoms with van der Waals surface area (Å²) in [4.78, 5) is 3.78. The summed E-state index contributed by atoms with van der Waals surface area (Å²) in [5.41, 5.74) is 0.239. The number of nitriles is 1. The van der Waals surface area contributed by atoms with Crippen molar-refractivity contribution in [3.63, 3.8) is 0 Å². The lowest BCUT2D eigenvalue weighted by Crippen LogP contribution is -1.89. The third-order valence-corrected chi connectivity index (χ3v) is 2.19. The lowest BCUT2D eigenvalue weighted by atomic mass is 10.2. The average Bonchev–Trinajstić information content (AvgIpc) is 2.32. The van der Waals surface area contributed by atoms with Gasteiger partial charge >= 0.3 is 0 Å². The normalized spacial score (nSPS) is 9.71. The minimum Gasteiger partial charge on any atom is -0.454 e. The molecular weight excluding hydrogens is 243 g/mol. The third-order valence-electron chi connectivity index (χ3n) is 1.99. The summed E-state index contributed by atoms with van der Waals surface area (Å²) in [6.07, 6.45) is 1.46. The van der Waals surface area contributed by atoms with Crippen molar-refractivity contribution in [1.29, 1.82) is 5.26 Å². The Morgan fingerprint density at radius 3 is 2.76 bits per heavy atom. The van der Waals surface area contributed by atoms with E-state index >= 15 is 0 Å². The molecule has 84 valence electrons. The highest BCUT2D eigenvalue weighted by atomic mass is 35.5. The molecule has 17 heavy (non-hydrogen) atoms. The third kappa shape index (κ3) is 2.71. The van der Waals surface area contributed by atoms with E-state index in [1.807, 2.05) is 6.07 Å². The zero-order valence-corrected chi connectivity index (χ0v) is 9.28. The topological polar surface area (TPSA) is 45.9 Å². The first-order valence-electron chi connectivity index (χ1n) is 4.68. The second-order valence-electron chi connectivity index (χ2n) is 3.17. The molecule has 2 rings (SSSR count). The number of hydrogen-bond acceptors (Lipinski definition) is 3. The molecule has 1 aromatic heterocycles. The number of nitrogens with zero attached hydrogens (tertiary/aromatic N) is 2. The minimum atomic E-state index is -0.600. The molecule has 3 nitrogen and oxygen atoms in total. The van der Waals surface area contributed by atoms with Gasteiger partial charge < -0.3 is 4.74 Å². The van der Waals surface area contributed by atoms with E-state index < -0.39 is 5.82 Å². The molecule has 2 aromatic rings. The van der Waals surface area contributed by atoms with Gasteiger partial charge in [0, 0.05) is 12.3 Å². The van der Waals surface area contributed by atoms with Crippen LogP contribution >= 0.6 is 11.6 Å². The Kier molecular flexibility index (Phi) is 3.22. The van der Waals surface area contributed by atoms with Crippen molar-refractivity contribution in [2.45, 2.75) is 0 Å². The van der Waals surface area contributed by atoms with Gasteiger partial charge in [-0.25, -0.2) is 9.37 Å². The number of pyridine rings is 1. The zero-order chi connectivity index (χ0) is 12.3. The number of aromatic nitrogens is 1. The highest BCUT2D eigenvalue weighted by molar-refractivity contribution is 6.29. The predicted molar refractivity (Wildman–Crippen MR) is 60.4 cm³/mol. The van der Waals surface area contributed by atoms with Crippen LogP contribution in [0.4, 0.5) is 4.39 Å². The number of hydrogen-bond donors (Lipinski definition) is 0. The maximum atomic E-state index is 13.5. The molecular formula is C12H6ClFN2O. The van der Waals surface area contributed by atoms with Crippen molar-refractivity contribution < 1.29 is 9.13 Å². The molecule has 0 N–H and O–H groups in total. The SMILES string of the molecule is N#Cc1ccc(Oc2ccnc(Cl)c2)c(F)c1. The molecule has 5 heteroatoms. The van der Waals surface area contributed by atoms with E-state index in [1.54, 1.807) is 6.07 Å². The van der Waals surface area contributed by atoms with Crippen molar-refractivity contribution in [2.75, 3.05) is 0 Å². The van der Waals surface area contributed by atoms with E-state index in [0.29, 0.717) is 5.75 Å². The van der Waals surface area contributed by atoms with E-state index in [4.69, 9.17) is 21.6 Å². The van der Waals surface area contributed by atoms with E-state index in [9.17, 15) is 4.39 Å². The lowest BCUT2D eigenvalue weighted by molar-refractivity contribution is 0.441. The van der Waals surface area contributed by atoms with Gasteiger partial charge in [-0.15, -0.1) is 0 Å². The van der Waals surface area contributed by atoms with Crippen LogP contribution in [0, 0.1) is 17.1 Å². The van der Waals surface area contributed by atoms with Gasteiger partial charge in [-0.1, -0.05) is 11.6 Å². The fraction of sp³-hybridized carbons (Fsp3) is 0. The molecule has 0 aliphatic rings. The molecule has 0 atom stereocenters. The first-order chi connectivity index (χ1) is 8.19. The van der Waals surface area contributed by atoms with E-state index in [2.05, 4.69) is 4.98 Å². The number of halogens is 2. The molecule has 0 aliphatic heterocycles. The first-order valence-corrected chi connectivity index (χ1v) is 5.06. The van der Waals surface area contributed by atoms with Crippen LogP contribution in [0.15, 0.2) is 36.5 Å². The van der Waals surface area contributed by atoms with Crippen LogP contribution in [-0.2, 0) is 0 Å². The number of rotatable bonds is 2. The summed E-state index contributed by atoms with van der Waals surface area (Å²) in [6, 6.07) is 8.85. The Bertz CT molecular complexity index is 595. The van der Waals surface area contributed by atoms with Crippen molar-refractivity contribution in [3.05, 3.63) is 53.1 Å². The van der Waals surface area contributed by atoms with E-state index in [-0.39, 0.29) is 16.5 Å². The Morgan fingerprint density at radius 2 is 2.12 bits per heavy atom. The van der Waals surface area contributed by atoms with Crippen molar-refractivity contribution in [3.8, 4) is 17.6 Å². The summed E-state index contributed by atoms with van der Waals surface area (Å²) in [5, 5.41) is 8.86. The molecule has 0 bridgehead atoms. The van der Waals surface area contributed by atoms with Gasteiger partial charge in [0.25, 0.3) is 0 Å². The maximum Gasteiger partial charge on any atom is 0.167 e. The van der Waals surface area contributed by atoms with Gasteiger partial charge in [-0.2, -0.15) is 5.26 Å². The lowest BCUT2D eigenvalue weighted by Gasteiger charge is -2.06. The summed E-state index contributed by atoms with van der Waals surface area (Å²) in [7, 11) is 0. The van der Waals surface area contributed by atoms with Crippen molar-refractivity contribution >= 4 is 11.6 Å². The molecule has 0 aliphatic carbocycles. The van der Waals surface area contributed by atoms with Crippen LogP contribution in [0.25, 0.3) is 0 Å². The first kappa shape index (κ1) is 11.4. The molecule has 0 radical (unpaired) electrons. The summed E-state index contributed by atoms with van der Waals surface area (Å²) in [6.45, 7) is 0. The van der Waals surface area contributed by atoms with Gasteiger partial charge in [0.2, 0.25) is 0 Å². The quantitative estimate of drug-likeness (QED) is 0.764. The van der Waals surface area contributed by atoms with Crippen molar-refractivity contribution in [1.82, 2.24) is 4.98 Å². The molecule has 0 amide bonds. The highest BCUT2D eigenvalue weighted by Crippen LogP contribution is 2.25. The van der Waals surface area contributed by atoms with Gasteiger partial charge in [0.15, 0.2) is 11.6 Å². The minimum absolute atomic E-state index is 0.0336. The molecule has 0 unspecified atom stereocenters. The van der Waals surface area contributed by atoms with E-state index in [0.717, 1.165) is 6.07 Å². The maximum absolute atomic E-state index is 13.5. The Labute approximate surface area is 102 Å². The summed E-state index contributed by atoms with van der Waals surface area (Å²) in [5.74, 6) is -0.183. The van der Waals surface area contributed by atoms with Gasteiger partial charge in [0.1, 0.15) is 10.9 Å². The fourth-order valence-corrected chi connectivity index (χ4v) is 1.39. The molecule has 0 saturated heterocycles. The Hall–Kier alpha value is -2.12. The van der Waals surface area contributed by atoms with Crippen molar-refractivity contribution in [2.24, 2.45) is 0 Å². The largest absolute Gasteiger partial charge is 0.454 e. The van der Waals surface area contributed by atoms with E-state index in [1.165, 1.54) is 24.4 Å². The standard InChI is InChI=1S/C12H6ClFN2O/c13-12-6-9(3-4-16-12)17-11-2-1-8(7-15)5-10(11)14/h1-6H. The number of ether oxygens (including phenoxy) is 1. The zero-order valence-electron chi connectivity index (χ0n) is 8.52. The van der Waals surface area contributed by atoms with Crippen LogP contribution in [0.5, 0.6) is 11.5 Å². The Balaban J connectivity index is 2.28. The summed E-state index contributed by atoms with van der Waals surface area (Å²) < 4.78 is 18.8. The molecule has 1 heterocycles. The molecule has 0 spiro atoms. The second-order valence-corrected chi connectivity index (χ2v) is 3.56. The summed E-state index contributed by atoms with van der Waals surface area (Å²) >= 11 is 5.67. The average molecular weight is 249 g/mol. The predicted octanol–water partition coefficient (Wildman–Crippen LogP) is 3.54. The van der Waals surface area contributed by atoms with Gasteiger partial charge in [0.05, 0.1) is 11.6 Å². The molecule has 0 fully saturated rings. The van der Waals surface area contributed by atoms with Gasteiger partial charge in [-0.05, 0) is 24.3 Å².